The van der Waals surface area contributed by atoms with E-state index >= 15 is 0 Å². The molecular formula is C17H23N3O. The molecule has 112 valence electrons. The van der Waals surface area contributed by atoms with Gasteiger partial charge in [0.15, 0.2) is 0 Å². The Labute approximate surface area is 125 Å². The number of fused-ring (bicyclic) bond motifs is 3. The highest BCUT2D eigenvalue weighted by Crippen LogP contribution is 2.44. The molecule has 4 atom stereocenters. The third-order valence-electron chi connectivity index (χ3n) is 5.93. The Balaban J connectivity index is 1.63. The van der Waals surface area contributed by atoms with E-state index < -0.39 is 0 Å². The average Bonchev–Trinajstić information content (AvgIpc) is 2.92. The summed E-state index contributed by atoms with van der Waals surface area (Å²) in [7, 11) is 2.26. The van der Waals surface area contributed by atoms with E-state index in [1.54, 1.807) is 0 Å². The van der Waals surface area contributed by atoms with Crippen molar-refractivity contribution in [3.8, 4) is 0 Å². The number of anilines is 1. The van der Waals surface area contributed by atoms with Crippen molar-refractivity contribution in [2.75, 3.05) is 11.9 Å². The molecule has 21 heavy (non-hydrogen) atoms. The highest BCUT2D eigenvalue weighted by Gasteiger charge is 2.45. The van der Waals surface area contributed by atoms with Gasteiger partial charge in [-0.1, -0.05) is 18.2 Å². The fourth-order valence-electron chi connectivity index (χ4n) is 4.84. The van der Waals surface area contributed by atoms with Crippen LogP contribution < -0.4 is 10.6 Å². The van der Waals surface area contributed by atoms with E-state index in [0.29, 0.717) is 18.0 Å². The molecule has 2 fully saturated rings. The van der Waals surface area contributed by atoms with Crippen LogP contribution in [0.5, 0.6) is 0 Å². The standard InChI is InChI=1S/C17H23N3O/c1-19-13-6-7-14(19)9-12(8-13)16-10-11-4-2-3-5-15(11)20(16)17(18)21/h2-5,12-14,16H,6-10H2,1H3,(H2,18,21)/t12-,13+,14-,16?. The minimum absolute atomic E-state index is 0.261. The first-order valence-corrected chi connectivity index (χ1v) is 8.03. The first kappa shape index (κ1) is 13.1. The smallest absolute Gasteiger partial charge is 0.319 e. The van der Waals surface area contributed by atoms with Crippen LogP contribution in [-0.4, -0.2) is 36.1 Å². The lowest BCUT2D eigenvalue weighted by molar-refractivity contribution is 0.121. The topological polar surface area (TPSA) is 49.6 Å². The third-order valence-corrected chi connectivity index (χ3v) is 5.93. The Morgan fingerprint density at radius 3 is 2.52 bits per heavy atom. The van der Waals surface area contributed by atoms with Gasteiger partial charge in [-0.2, -0.15) is 0 Å². The second-order valence-electron chi connectivity index (χ2n) is 6.89. The molecule has 0 radical (unpaired) electrons. The van der Waals surface area contributed by atoms with E-state index in [1.807, 2.05) is 17.0 Å². The number of carbonyl (C=O) groups is 1. The predicted octanol–water partition coefficient (Wildman–Crippen LogP) is 2.37. The molecule has 0 spiro atoms. The molecule has 0 aromatic heterocycles. The summed E-state index contributed by atoms with van der Waals surface area (Å²) in [4.78, 5) is 16.4. The number of carbonyl (C=O) groups excluding carboxylic acids is 1. The van der Waals surface area contributed by atoms with Gasteiger partial charge in [0, 0.05) is 23.8 Å². The van der Waals surface area contributed by atoms with E-state index in [2.05, 4.69) is 24.1 Å². The van der Waals surface area contributed by atoms with Gasteiger partial charge in [0.1, 0.15) is 0 Å². The SMILES string of the molecule is CN1[C@@H]2CC[C@H]1C[C@@H](C1Cc3ccccc3N1C(N)=O)C2. The summed E-state index contributed by atoms with van der Waals surface area (Å²) in [6, 6.07) is 9.58. The number of para-hydroxylation sites is 1. The van der Waals surface area contributed by atoms with E-state index in [9.17, 15) is 4.79 Å². The molecule has 2 amide bonds. The Hall–Kier alpha value is -1.55. The number of hydrogen-bond acceptors (Lipinski definition) is 2. The summed E-state index contributed by atoms with van der Waals surface area (Å²) in [5.74, 6) is 0.582. The summed E-state index contributed by atoms with van der Waals surface area (Å²) in [6.45, 7) is 0. The third kappa shape index (κ3) is 1.96. The molecule has 2 N–H and O–H groups in total. The number of hydrogen-bond donors (Lipinski definition) is 1. The lowest BCUT2D eigenvalue weighted by Crippen LogP contribution is -2.50. The van der Waals surface area contributed by atoms with Crippen LogP contribution in [0.25, 0.3) is 0 Å². The van der Waals surface area contributed by atoms with Crippen LogP contribution in [0.2, 0.25) is 0 Å². The zero-order chi connectivity index (χ0) is 14.6. The second-order valence-corrected chi connectivity index (χ2v) is 6.89. The van der Waals surface area contributed by atoms with Gasteiger partial charge in [0.2, 0.25) is 0 Å². The number of nitrogens with zero attached hydrogens (tertiary/aromatic N) is 2. The van der Waals surface area contributed by atoms with Crippen LogP contribution in [0.1, 0.15) is 31.2 Å². The molecule has 2 bridgehead atoms. The summed E-state index contributed by atoms with van der Waals surface area (Å²) in [5.41, 5.74) is 8.00. The number of nitrogens with two attached hydrogens (primary N) is 1. The van der Waals surface area contributed by atoms with Gasteiger partial charge in [-0.15, -0.1) is 0 Å². The zero-order valence-corrected chi connectivity index (χ0v) is 12.5. The van der Waals surface area contributed by atoms with E-state index in [1.165, 1.54) is 31.2 Å². The largest absolute Gasteiger partial charge is 0.351 e. The van der Waals surface area contributed by atoms with Crippen LogP contribution >= 0.6 is 0 Å². The quantitative estimate of drug-likeness (QED) is 0.861. The van der Waals surface area contributed by atoms with E-state index in [4.69, 9.17) is 5.73 Å². The molecule has 3 aliphatic rings. The minimum atomic E-state index is -0.295. The molecule has 1 aromatic carbocycles. The Morgan fingerprint density at radius 1 is 1.19 bits per heavy atom. The molecule has 1 unspecified atom stereocenters. The number of benzene rings is 1. The molecule has 1 aromatic rings. The molecule has 3 heterocycles. The van der Waals surface area contributed by atoms with Crippen LogP contribution in [0, 0.1) is 5.92 Å². The fourth-order valence-corrected chi connectivity index (χ4v) is 4.84. The van der Waals surface area contributed by atoms with Crippen LogP contribution in [-0.2, 0) is 6.42 Å². The van der Waals surface area contributed by atoms with Crippen molar-refractivity contribution in [3.63, 3.8) is 0 Å². The van der Waals surface area contributed by atoms with Gasteiger partial charge < -0.3 is 10.6 Å². The average molecular weight is 285 g/mol. The van der Waals surface area contributed by atoms with E-state index in [0.717, 1.165) is 12.1 Å². The first-order chi connectivity index (χ1) is 10.1. The van der Waals surface area contributed by atoms with Crippen LogP contribution in [0.3, 0.4) is 0 Å². The zero-order valence-electron chi connectivity index (χ0n) is 12.5. The van der Waals surface area contributed by atoms with Crippen LogP contribution in [0.4, 0.5) is 10.5 Å². The molecule has 4 rings (SSSR count). The lowest BCUT2D eigenvalue weighted by atomic mass is 9.83. The number of primary amides is 1. The van der Waals surface area contributed by atoms with Gasteiger partial charge in [-0.05, 0) is 56.7 Å². The summed E-state index contributed by atoms with van der Waals surface area (Å²) in [6.07, 6.45) is 6.00. The number of urea groups is 1. The maximum atomic E-state index is 12.0. The molecule has 4 heteroatoms. The summed E-state index contributed by atoms with van der Waals surface area (Å²) < 4.78 is 0. The highest BCUT2D eigenvalue weighted by atomic mass is 16.2. The van der Waals surface area contributed by atoms with Crippen molar-refractivity contribution in [2.45, 2.75) is 50.2 Å². The molecular weight excluding hydrogens is 262 g/mol. The normalized spacial score (nSPS) is 35.0. The second kappa shape index (κ2) is 4.73. The molecule has 4 nitrogen and oxygen atoms in total. The highest BCUT2D eigenvalue weighted by molar-refractivity contribution is 5.93. The van der Waals surface area contributed by atoms with Crippen molar-refractivity contribution >= 4 is 11.7 Å². The fraction of sp³-hybridized carbons (Fsp3) is 0.588. The molecule has 2 saturated heterocycles. The first-order valence-electron chi connectivity index (χ1n) is 8.03. The maximum absolute atomic E-state index is 12.0. The van der Waals surface area contributed by atoms with Gasteiger partial charge in [0.25, 0.3) is 0 Å². The van der Waals surface area contributed by atoms with Crippen molar-refractivity contribution in [1.82, 2.24) is 4.90 Å². The Morgan fingerprint density at radius 2 is 1.86 bits per heavy atom. The van der Waals surface area contributed by atoms with Crippen LogP contribution in [0.15, 0.2) is 24.3 Å². The Kier molecular flexibility index (Phi) is 2.96. The van der Waals surface area contributed by atoms with Crippen molar-refractivity contribution in [1.29, 1.82) is 0 Å². The maximum Gasteiger partial charge on any atom is 0.319 e. The molecule has 0 aliphatic carbocycles. The number of rotatable bonds is 1. The van der Waals surface area contributed by atoms with Gasteiger partial charge >= 0.3 is 6.03 Å². The summed E-state index contributed by atoms with van der Waals surface area (Å²) in [5, 5.41) is 0. The minimum Gasteiger partial charge on any atom is -0.351 e. The number of piperidine rings is 1. The van der Waals surface area contributed by atoms with Crippen molar-refractivity contribution in [2.24, 2.45) is 11.7 Å². The predicted molar refractivity (Wildman–Crippen MR) is 83.3 cm³/mol. The van der Waals surface area contributed by atoms with Crippen molar-refractivity contribution < 1.29 is 4.79 Å². The lowest BCUT2D eigenvalue weighted by Gasteiger charge is -2.41. The molecule has 3 aliphatic heterocycles. The number of amides is 2. The van der Waals surface area contributed by atoms with Gasteiger partial charge in [0.05, 0.1) is 0 Å². The van der Waals surface area contributed by atoms with Gasteiger partial charge in [-0.3, -0.25) is 4.90 Å². The van der Waals surface area contributed by atoms with E-state index in [-0.39, 0.29) is 12.1 Å². The van der Waals surface area contributed by atoms with Gasteiger partial charge in [-0.25, -0.2) is 4.79 Å². The Bertz CT molecular complexity index is 559. The molecule has 0 saturated carbocycles. The monoisotopic (exact) mass is 285 g/mol. The summed E-state index contributed by atoms with van der Waals surface area (Å²) >= 11 is 0. The van der Waals surface area contributed by atoms with Crippen molar-refractivity contribution in [3.05, 3.63) is 29.8 Å².